The Hall–Kier alpha value is -3.52. The van der Waals surface area contributed by atoms with Gasteiger partial charge in [-0.2, -0.15) is 18.4 Å². The number of methoxy groups -OCH3 is 1. The topological polar surface area (TPSA) is 71.3 Å². The Morgan fingerprint density at radius 1 is 1.11 bits per heavy atom. The number of hydrogen-bond acceptors (Lipinski definition) is 4. The summed E-state index contributed by atoms with van der Waals surface area (Å²) in [4.78, 5) is 12.6. The summed E-state index contributed by atoms with van der Waals surface area (Å²) >= 11 is 2.07. The number of carbonyl (C=O) groups excluding carboxylic acids is 1. The Bertz CT molecular complexity index is 1340. The number of nitrogens with zero attached hydrogens (tertiary/aromatic N) is 1. The van der Waals surface area contributed by atoms with E-state index < -0.39 is 17.6 Å². The third-order valence-corrected chi connectivity index (χ3v) is 5.84. The molecule has 36 heavy (non-hydrogen) atoms. The van der Waals surface area contributed by atoms with E-state index in [1.165, 1.54) is 25.3 Å². The molecule has 186 valence electrons. The average molecular weight is 606 g/mol. The SMILES string of the molecule is COc1cc(/C=C(\C#N)C(=O)Nc2cccc(C(F)(F)F)c2)cc(I)c1OCc1cc(C)cc(C)c1. The molecule has 0 saturated carbocycles. The highest BCUT2D eigenvalue weighted by atomic mass is 127. The van der Waals surface area contributed by atoms with Gasteiger partial charge < -0.3 is 14.8 Å². The van der Waals surface area contributed by atoms with Crippen molar-refractivity contribution in [3.05, 3.63) is 91.6 Å². The predicted molar refractivity (Wildman–Crippen MR) is 140 cm³/mol. The Balaban J connectivity index is 1.82. The first-order valence-corrected chi connectivity index (χ1v) is 11.8. The van der Waals surface area contributed by atoms with E-state index in [0.717, 1.165) is 28.8 Å². The van der Waals surface area contributed by atoms with Gasteiger partial charge >= 0.3 is 6.18 Å². The summed E-state index contributed by atoms with van der Waals surface area (Å²) in [7, 11) is 1.48. The first-order valence-electron chi connectivity index (χ1n) is 10.7. The number of ether oxygens (including phenoxy) is 2. The number of alkyl halides is 3. The van der Waals surface area contributed by atoms with Gasteiger partial charge in [-0.15, -0.1) is 0 Å². The first-order chi connectivity index (χ1) is 17.0. The third-order valence-electron chi connectivity index (χ3n) is 5.04. The number of rotatable bonds is 7. The molecule has 1 amide bonds. The van der Waals surface area contributed by atoms with Crippen LogP contribution in [0.2, 0.25) is 0 Å². The maximum Gasteiger partial charge on any atom is 0.416 e. The van der Waals surface area contributed by atoms with Gasteiger partial charge in [0.05, 0.1) is 16.2 Å². The van der Waals surface area contributed by atoms with E-state index in [9.17, 15) is 23.2 Å². The molecule has 0 saturated heterocycles. The van der Waals surface area contributed by atoms with Crippen molar-refractivity contribution < 1.29 is 27.4 Å². The smallest absolute Gasteiger partial charge is 0.416 e. The highest BCUT2D eigenvalue weighted by Gasteiger charge is 2.30. The fourth-order valence-corrected chi connectivity index (χ4v) is 4.34. The molecule has 5 nitrogen and oxygen atoms in total. The van der Waals surface area contributed by atoms with Crippen LogP contribution in [0.25, 0.3) is 6.08 Å². The van der Waals surface area contributed by atoms with Crippen molar-refractivity contribution in [2.75, 3.05) is 12.4 Å². The third kappa shape index (κ3) is 7.01. The lowest BCUT2D eigenvalue weighted by Crippen LogP contribution is -2.14. The Morgan fingerprint density at radius 2 is 1.81 bits per heavy atom. The van der Waals surface area contributed by atoms with Crippen LogP contribution in [0.15, 0.2) is 60.2 Å². The molecule has 0 heterocycles. The van der Waals surface area contributed by atoms with E-state index in [-0.39, 0.29) is 11.3 Å². The lowest BCUT2D eigenvalue weighted by atomic mass is 10.1. The van der Waals surface area contributed by atoms with Crippen LogP contribution in [0.1, 0.15) is 27.8 Å². The molecule has 0 aliphatic carbocycles. The van der Waals surface area contributed by atoms with Crippen molar-refractivity contribution in [3.63, 3.8) is 0 Å². The Labute approximate surface area is 220 Å². The van der Waals surface area contributed by atoms with Crippen molar-refractivity contribution in [2.24, 2.45) is 0 Å². The monoisotopic (exact) mass is 606 g/mol. The minimum atomic E-state index is -4.55. The zero-order chi connectivity index (χ0) is 26.5. The number of nitrogens with one attached hydrogen (secondary N) is 1. The second kappa shape index (κ2) is 11.5. The van der Waals surface area contributed by atoms with Crippen LogP contribution in [0.5, 0.6) is 11.5 Å². The molecule has 0 fully saturated rings. The van der Waals surface area contributed by atoms with E-state index in [4.69, 9.17) is 9.47 Å². The quantitative estimate of drug-likeness (QED) is 0.178. The molecule has 3 aromatic rings. The molecule has 0 spiro atoms. The molecule has 0 atom stereocenters. The highest BCUT2D eigenvalue weighted by Crippen LogP contribution is 2.35. The molecule has 0 unspecified atom stereocenters. The van der Waals surface area contributed by atoms with Crippen LogP contribution in [-0.4, -0.2) is 13.0 Å². The van der Waals surface area contributed by atoms with Crippen molar-refractivity contribution in [1.82, 2.24) is 0 Å². The van der Waals surface area contributed by atoms with Crippen LogP contribution in [-0.2, 0) is 17.6 Å². The van der Waals surface area contributed by atoms with Gasteiger partial charge in [0.15, 0.2) is 11.5 Å². The summed E-state index contributed by atoms with van der Waals surface area (Å²) in [6.07, 6.45) is -3.22. The minimum absolute atomic E-state index is 0.0710. The van der Waals surface area contributed by atoms with Gasteiger partial charge in [0.1, 0.15) is 18.2 Å². The molecular weight excluding hydrogens is 584 g/mol. The zero-order valence-corrected chi connectivity index (χ0v) is 21.8. The molecule has 0 aliphatic rings. The number of amides is 1. The summed E-state index contributed by atoms with van der Waals surface area (Å²) in [5, 5.41) is 11.8. The standard InChI is InChI=1S/C27H22F3IN2O3/c1-16-7-17(2)9-19(8-16)15-36-25-23(31)11-18(12-24(25)35-3)10-20(14-32)26(34)33-22-6-4-5-21(13-22)27(28,29)30/h4-13H,15H2,1-3H3,(H,33,34)/b20-10+. The van der Waals surface area contributed by atoms with E-state index in [1.54, 1.807) is 18.2 Å². The number of halogens is 4. The van der Waals surface area contributed by atoms with Crippen LogP contribution in [0.4, 0.5) is 18.9 Å². The van der Waals surface area contributed by atoms with Gasteiger partial charge in [-0.25, -0.2) is 0 Å². The van der Waals surface area contributed by atoms with Crippen LogP contribution in [0, 0.1) is 28.7 Å². The summed E-state index contributed by atoms with van der Waals surface area (Å²) in [6, 6.07) is 15.5. The van der Waals surface area contributed by atoms with Gasteiger partial charge in [-0.3, -0.25) is 4.79 Å². The number of nitriles is 1. The zero-order valence-electron chi connectivity index (χ0n) is 19.7. The lowest BCUT2D eigenvalue weighted by molar-refractivity contribution is -0.137. The molecule has 0 radical (unpaired) electrons. The fraction of sp³-hybridized carbons (Fsp3) is 0.185. The lowest BCUT2D eigenvalue weighted by Gasteiger charge is -2.14. The minimum Gasteiger partial charge on any atom is -0.493 e. The summed E-state index contributed by atoms with van der Waals surface area (Å²) < 4.78 is 51.0. The summed E-state index contributed by atoms with van der Waals surface area (Å²) in [5.41, 5.74) is 2.50. The van der Waals surface area contributed by atoms with Gasteiger partial charge in [0.25, 0.3) is 5.91 Å². The maximum atomic E-state index is 12.9. The summed E-state index contributed by atoms with van der Waals surface area (Å²) in [5.74, 6) is 0.0929. The highest BCUT2D eigenvalue weighted by molar-refractivity contribution is 14.1. The number of aryl methyl sites for hydroxylation is 2. The molecule has 1 N–H and O–H groups in total. The number of anilines is 1. The molecule has 3 aromatic carbocycles. The summed E-state index contributed by atoms with van der Waals surface area (Å²) in [6.45, 7) is 4.35. The van der Waals surface area contributed by atoms with E-state index in [2.05, 4.69) is 34.0 Å². The molecule has 0 aromatic heterocycles. The van der Waals surface area contributed by atoms with Gasteiger partial charge in [-0.1, -0.05) is 35.4 Å². The number of carbonyl (C=O) groups is 1. The van der Waals surface area contributed by atoms with Crippen LogP contribution >= 0.6 is 22.6 Å². The normalized spacial score (nSPS) is 11.6. The largest absolute Gasteiger partial charge is 0.493 e. The Kier molecular flexibility index (Phi) is 8.63. The number of hydrogen-bond donors (Lipinski definition) is 1. The van der Waals surface area contributed by atoms with E-state index in [0.29, 0.717) is 27.2 Å². The predicted octanol–water partition coefficient (Wildman–Crippen LogP) is 7.06. The molecule has 0 aliphatic heterocycles. The van der Waals surface area contributed by atoms with E-state index in [1.807, 2.05) is 26.0 Å². The second-order valence-corrected chi connectivity index (χ2v) is 9.18. The van der Waals surface area contributed by atoms with Crippen molar-refractivity contribution in [3.8, 4) is 17.6 Å². The van der Waals surface area contributed by atoms with E-state index >= 15 is 0 Å². The first kappa shape index (κ1) is 27.1. The van der Waals surface area contributed by atoms with Crippen molar-refractivity contribution in [2.45, 2.75) is 26.6 Å². The maximum absolute atomic E-state index is 12.9. The van der Waals surface area contributed by atoms with Crippen LogP contribution in [0.3, 0.4) is 0 Å². The molecular formula is C27H22F3IN2O3. The molecule has 3 rings (SSSR count). The average Bonchev–Trinajstić information content (AvgIpc) is 2.80. The molecule has 0 bridgehead atoms. The van der Waals surface area contributed by atoms with Crippen molar-refractivity contribution in [1.29, 1.82) is 5.26 Å². The fourth-order valence-electron chi connectivity index (χ4n) is 3.56. The van der Waals surface area contributed by atoms with Gasteiger partial charge in [0.2, 0.25) is 0 Å². The Morgan fingerprint density at radius 3 is 2.42 bits per heavy atom. The van der Waals surface area contributed by atoms with Crippen molar-refractivity contribution >= 4 is 40.3 Å². The number of benzene rings is 3. The van der Waals surface area contributed by atoms with Crippen LogP contribution < -0.4 is 14.8 Å². The van der Waals surface area contributed by atoms with Gasteiger partial charge in [-0.05, 0) is 84.0 Å². The second-order valence-electron chi connectivity index (χ2n) is 8.02. The van der Waals surface area contributed by atoms with Gasteiger partial charge in [0, 0.05) is 5.69 Å². The molecule has 9 heteroatoms.